The normalized spacial score (nSPS) is 14.6. The van der Waals surface area contributed by atoms with Crippen LogP contribution in [0, 0.1) is 13.8 Å². The molecule has 1 aliphatic rings. The van der Waals surface area contributed by atoms with Gasteiger partial charge in [-0.25, -0.2) is 19.5 Å². The molecule has 1 aliphatic heterocycles. The topological polar surface area (TPSA) is 101 Å². The van der Waals surface area contributed by atoms with E-state index in [0.29, 0.717) is 11.6 Å². The number of hydrogen-bond donors (Lipinski definition) is 1. The zero-order valence-corrected chi connectivity index (χ0v) is 14.8. The molecule has 4 heterocycles. The predicted molar refractivity (Wildman–Crippen MR) is 96.3 cm³/mol. The molecule has 0 aliphatic carbocycles. The largest absolute Gasteiger partial charge is 0.356 e. The molecule has 1 fully saturated rings. The molecule has 9 nitrogen and oxygen atoms in total. The lowest BCUT2D eigenvalue weighted by molar-refractivity contribution is 0.101. The Morgan fingerprint density at radius 3 is 2.69 bits per heavy atom. The van der Waals surface area contributed by atoms with Gasteiger partial charge in [0.2, 0.25) is 5.82 Å². The fraction of sp³-hybridized carbons (Fsp3) is 0.412. The number of anilines is 2. The molecule has 0 unspecified atom stereocenters. The summed E-state index contributed by atoms with van der Waals surface area (Å²) in [6.45, 7) is 5.73. The molecule has 1 N–H and O–H groups in total. The Kier molecular flexibility index (Phi) is 4.19. The van der Waals surface area contributed by atoms with Crippen LogP contribution in [0.4, 0.5) is 11.6 Å². The molecule has 1 amide bonds. The molecule has 134 valence electrons. The van der Waals surface area contributed by atoms with E-state index in [-0.39, 0.29) is 5.82 Å². The third-order valence-corrected chi connectivity index (χ3v) is 4.40. The second kappa shape index (κ2) is 6.66. The first-order valence-electron chi connectivity index (χ1n) is 8.69. The quantitative estimate of drug-likeness (QED) is 0.766. The van der Waals surface area contributed by atoms with Crippen molar-refractivity contribution < 1.29 is 4.79 Å². The van der Waals surface area contributed by atoms with Crippen molar-refractivity contribution in [2.75, 3.05) is 23.3 Å². The van der Waals surface area contributed by atoms with Crippen molar-refractivity contribution in [3.8, 4) is 0 Å². The standard InChI is InChI=1S/C17H20N8O/c1-11-8-12(2)25-17(20-11)22-15(23-25)16(26)21-13-9-14(19-10-18-13)24-6-4-3-5-7-24/h8-10H,3-7H2,1-2H3,(H,18,19,21,26). The average molecular weight is 352 g/mol. The Hall–Kier alpha value is -3.10. The second-order valence-electron chi connectivity index (χ2n) is 6.45. The lowest BCUT2D eigenvalue weighted by atomic mass is 10.1. The smallest absolute Gasteiger partial charge is 0.296 e. The summed E-state index contributed by atoms with van der Waals surface area (Å²) in [6.07, 6.45) is 5.02. The van der Waals surface area contributed by atoms with E-state index in [4.69, 9.17) is 0 Å². The van der Waals surface area contributed by atoms with Crippen LogP contribution in [-0.4, -0.2) is 48.5 Å². The lowest BCUT2D eigenvalue weighted by Crippen LogP contribution is -2.30. The number of piperidine rings is 1. The predicted octanol–water partition coefficient (Wildman–Crippen LogP) is 1.77. The number of aromatic nitrogens is 6. The summed E-state index contributed by atoms with van der Waals surface area (Å²) in [5.41, 5.74) is 1.70. The van der Waals surface area contributed by atoms with Crippen LogP contribution in [0.25, 0.3) is 5.78 Å². The Morgan fingerprint density at radius 1 is 1.08 bits per heavy atom. The zero-order chi connectivity index (χ0) is 18.1. The van der Waals surface area contributed by atoms with Gasteiger partial charge in [0, 0.05) is 30.5 Å². The van der Waals surface area contributed by atoms with Gasteiger partial charge in [-0.2, -0.15) is 4.98 Å². The van der Waals surface area contributed by atoms with Gasteiger partial charge in [0.1, 0.15) is 18.0 Å². The van der Waals surface area contributed by atoms with Gasteiger partial charge in [-0.15, -0.1) is 5.10 Å². The minimum atomic E-state index is -0.421. The maximum Gasteiger partial charge on any atom is 0.296 e. The zero-order valence-electron chi connectivity index (χ0n) is 14.8. The highest BCUT2D eigenvalue weighted by Gasteiger charge is 2.17. The van der Waals surface area contributed by atoms with Crippen molar-refractivity contribution in [1.82, 2.24) is 29.5 Å². The van der Waals surface area contributed by atoms with Crippen molar-refractivity contribution in [1.29, 1.82) is 0 Å². The van der Waals surface area contributed by atoms with Crippen LogP contribution >= 0.6 is 0 Å². The number of amides is 1. The fourth-order valence-corrected chi connectivity index (χ4v) is 3.15. The summed E-state index contributed by atoms with van der Waals surface area (Å²) in [5.74, 6) is 1.31. The van der Waals surface area contributed by atoms with Crippen LogP contribution in [0.1, 0.15) is 41.3 Å². The molecule has 1 saturated heterocycles. The molecule has 0 bridgehead atoms. The van der Waals surface area contributed by atoms with Crippen LogP contribution in [0.3, 0.4) is 0 Å². The van der Waals surface area contributed by atoms with E-state index in [2.05, 4.69) is 35.3 Å². The van der Waals surface area contributed by atoms with Crippen LogP contribution in [-0.2, 0) is 0 Å². The van der Waals surface area contributed by atoms with Gasteiger partial charge >= 0.3 is 0 Å². The second-order valence-corrected chi connectivity index (χ2v) is 6.45. The Balaban J connectivity index is 1.55. The van der Waals surface area contributed by atoms with Crippen LogP contribution < -0.4 is 10.2 Å². The number of rotatable bonds is 3. The number of nitrogens with one attached hydrogen (secondary N) is 1. The molecule has 0 spiro atoms. The third kappa shape index (κ3) is 3.19. The van der Waals surface area contributed by atoms with E-state index in [1.165, 1.54) is 12.7 Å². The van der Waals surface area contributed by atoms with Gasteiger partial charge in [0.25, 0.3) is 11.7 Å². The molecule has 9 heteroatoms. The third-order valence-electron chi connectivity index (χ3n) is 4.40. The molecule has 3 aromatic heterocycles. The van der Waals surface area contributed by atoms with Gasteiger partial charge in [0.15, 0.2) is 0 Å². The van der Waals surface area contributed by atoms with E-state index < -0.39 is 5.91 Å². The SMILES string of the molecule is Cc1cc(C)n2nc(C(=O)Nc3cc(N4CCCCC4)ncn3)nc2n1. The van der Waals surface area contributed by atoms with E-state index in [0.717, 1.165) is 43.1 Å². The van der Waals surface area contributed by atoms with E-state index >= 15 is 0 Å². The van der Waals surface area contributed by atoms with Crippen molar-refractivity contribution in [3.63, 3.8) is 0 Å². The van der Waals surface area contributed by atoms with Gasteiger partial charge < -0.3 is 10.2 Å². The summed E-state index contributed by atoms with van der Waals surface area (Å²) in [6, 6.07) is 3.67. The Labute approximate surface area is 150 Å². The van der Waals surface area contributed by atoms with Crippen LogP contribution in [0.15, 0.2) is 18.5 Å². The maximum absolute atomic E-state index is 12.5. The van der Waals surface area contributed by atoms with Gasteiger partial charge in [-0.3, -0.25) is 4.79 Å². The van der Waals surface area contributed by atoms with E-state index in [1.807, 2.05) is 19.9 Å². The first kappa shape index (κ1) is 16.4. The molecule has 0 aromatic carbocycles. The Morgan fingerprint density at radius 2 is 1.88 bits per heavy atom. The Bertz CT molecular complexity index is 961. The number of aryl methyl sites for hydroxylation is 2. The number of hydrogen-bond acceptors (Lipinski definition) is 7. The van der Waals surface area contributed by atoms with Crippen molar-refractivity contribution in [2.45, 2.75) is 33.1 Å². The number of carbonyl (C=O) groups excluding carboxylic acids is 1. The first-order chi connectivity index (χ1) is 12.6. The van der Waals surface area contributed by atoms with Crippen LogP contribution in [0.2, 0.25) is 0 Å². The summed E-state index contributed by atoms with van der Waals surface area (Å²) in [4.78, 5) is 31.7. The molecule has 3 aromatic rings. The first-order valence-corrected chi connectivity index (χ1v) is 8.69. The number of nitrogens with zero attached hydrogens (tertiary/aromatic N) is 7. The molecule has 0 atom stereocenters. The van der Waals surface area contributed by atoms with Crippen LogP contribution in [0.5, 0.6) is 0 Å². The summed E-state index contributed by atoms with van der Waals surface area (Å²) in [7, 11) is 0. The lowest BCUT2D eigenvalue weighted by Gasteiger charge is -2.27. The summed E-state index contributed by atoms with van der Waals surface area (Å²) < 4.78 is 1.56. The maximum atomic E-state index is 12.5. The fourth-order valence-electron chi connectivity index (χ4n) is 3.15. The van der Waals surface area contributed by atoms with Gasteiger partial charge in [-0.1, -0.05) is 0 Å². The highest BCUT2D eigenvalue weighted by Crippen LogP contribution is 2.19. The monoisotopic (exact) mass is 352 g/mol. The molecule has 0 saturated carbocycles. The molecule has 26 heavy (non-hydrogen) atoms. The molecule has 0 radical (unpaired) electrons. The van der Waals surface area contributed by atoms with Crippen molar-refractivity contribution >= 4 is 23.3 Å². The number of carbonyl (C=O) groups is 1. The molecular weight excluding hydrogens is 332 g/mol. The summed E-state index contributed by atoms with van der Waals surface area (Å²) in [5, 5.41) is 6.99. The van der Waals surface area contributed by atoms with E-state index in [1.54, 1.807) is 10.6 Å². The van der Waals surface area contributed by atoms with Crippen molar-refractivity contribution in [2.24, 2.45) is 0 Å². The van der Waals surface area contributed by atoms with E-state index in [9.17, 15) is 4.79 Å². The summed E-state index contributed by atoms with van der Waals surface area (Å²) >= 11 is 0. The molecular formula is C17H20N8O. The highest BCUT2D eigenvalue weighted by atomic mass is 16.2. The van der Waals surface area contributed by atoms with Gasteiger partial charge in [0.05, 0.1) is 0 Å². The van der Waals surface area contributed by atoms with Crippen molar-refractivity contribution in [3.05, 3.63) is 35.7 Å². The minimum Gasteiger partial charge on any atom is -0.356 e. The highest BCUT2D eigenvalue weighted by molar-refractivity contribution is 6.01. The van der Waals surface area contributed by atoms with Gasteiger partial charge in [-0.05, 0) is 39.2 Å². The average Bonchev–Trinajstić information content (AvgIpc) is 3.07. The minimum absolute atomic E-state index is 0.0596. The molecule has 4 rings (SSSR count). The number of fused-ring (bicyclic) bond motifs is 1.